The molecule has 1 rings (SSSR count). The topological polar surface area (TPSA) is 26.3 Å². The van der Waals surface area contributed by atoms with Crippen molar-refractivity contribution in [3.63, 3.8) is 0 Å². The first kappa shape index (κ1) is 15.5. The Morgan fingerprint density at radius 1 is 0.944 bits per heavy atom. The summed E-state index contributed by atoms with van der Waals surface area (Å²) in [5.41, 5.74) is 0. The van der Waals surface area contributed by atoms with Gasteiger partial charge in [-0.05, 0) is 32.1 Å². The molecule has 0 N–H and O–H groups in total. The summed E-state index contributed by atoms with van der Waals surface area (Å²) < 4.78 is 5.43. The van der Waals surface area contributed by atoms with E-state index in [1.165, 1.54) is 51.4 Å². The van der Waals surface area contributed by atoms with Gasteiger partial charge in [-0.2, -0.15) is 0 Å². The summed E-state index contributed by atoms with van der Waals surface area (Å²) in [4.78, 5) is 11.5. The summed E-state index contributed by atoms with van der Waals surface area (Å²) in [6, 6.07) is 0. The molecular weight excluding hydrogens is 224 g/mol. The Balaban J connectivity index is 1.83. The highest BCUT2D eigenvalue weighted by molar-refractivity contribution is 5.69. The van der Waals surface area contributed by atoms with Crippen molar-refractivity contribution in [2.45, 2.75) is 89.6 Å². The van der Waals surface area contributed by atoms with E-state index in [0.717, 1.165) is 25.7 Å². The number of carbonyl (C=O) groups is 1. The van der Waals surface area contributed by atoms with Crippen molar-refractivity contribution in [1.29, 1.82) is 0 Å². The minimum Gasteiger partial charge on any atom is -0.462 e. The van der Waals surface area contributed by atoms with Crippen LogP contribution in [0.25, 0.3) is 0 Å². The SMILES string of the molecule is [CH2]CCCCCCCCCC(=O)OC1CCCC1. The third-order valence-electron chi connectivity index (χ3n) is 3.73. The van der Waals surface area contributed by atoms with E-state index in [0.29, 0.717) is 6.42 Å². The number of ether oxygens (including phenoxy) is 1. The smallest absolute Gasteiger partial charge is 0.306 e. The van der Waals surface area contributed by atoms with Crippen LogP contribution in [0.1, 0.15) is 83.5 Å². The zero-order valence-electron chi connectivity index (χ0n) is 11.8. The quantitative estimate of drug-likeness (QED) is 0.412. The van der Waals surface area contributed by atoms with Crippen molar-refractivity contribution in [3.05, 3.63) is 6.92 Å². The van der Waals surface area contributed by atoms with Crippen LogP contribution in [0.5, 0.6) is 0 Å². The minimum absolute atomic E-state index is 0.0268. The second-order valence-corrected chi connectivity index (χ2v) is 5.47. The largest absolute Gasteiger partial charge is 0.462 e. The molecule has 0 bridgehead atoms. The molecule has 0 atom stereocenters. The van der Waals surface area contributed by atoms with Crippen molar-refractivity contribution in [1.82, 2.24) is 0 Å². The Hall–Kier alpha value is -0.530. The number of hydrogen-bond donors (Lipinski definition) is 0. The molecule has 0 unspecified atom stereocenters. The summed E-state index contributed by atoms with van der Waals surface area (Å²) in [6.45, 7) is 3.84. The van der Waals surface area contributed by atoms with Gasteiger partial charge in [-0.25, -0.2) is 0 Å². The van der Waals surface area contributed by atoms with Crippen molar-refractivity contribution in [2.24, 2.45) is 0 Å². The number of rotatable bonds is 10. The first-order valence-corrected chi connectivity index (χ1v) is 7.81. The Labute approximate surface area is 112 Å². The first-order valence-electron chi connectivity index (χ1n) is 7.81. The lowest BCUT2D eigenvalue weighted by Crippen LogP contribution is -2.14. The lowest BCUT2D eigenvalue weighted by molar-refractivity contribution is -0.148. The molecule has 1 aliphatic rings. The van der Waals surface area contributed by atoms with Gasteiger partial charge in [0.15, 0.2) is 0 Å². The second-order valence-electron chi connectivity index (χ2n) is 5.47. The van der Waals surface area contributed by atoms with Crippen LogP contribution in [0.2, 0.25) is 0 Å². The summed E-state index contributed by atoms with van der Waals surface area (Å²) in [6.07, 6.45) is 15.2. The molecule has 1 aliphatic carbocycles. The lowest BCUT2D eigenvalue weighted by atomic mass is 10.1. The third-order valence-corrected chi connectivity index (χ3v) is 3.73. The van der Waals surface area contributed by atoms with Crippen LogP contribution in [0.15, 0.2) is 0 Å². The van der Waals surface area contributed by atoms with Crippen LogP contribution >= 0.6 is 0 Å². The fourth-order valence-corrected chi connectivity index (χ4v) is 2.58. The van der Waals surface area contributed by atoms with Gasteiger partial charge in [-0.1, -0.05) is 51.9 Å². The number of hydrogen-bond acceptors (Lipinski definition) is 2. The molecular formula is C16H29O2. The maximum atomic E-state index is 11.5. The molecule has 1 saturated carbocycles. The van der Waals surface area contributed by atoms with Gasteiger partial charge in [-0.15, -0.1) is 0 Å². The Bertz CT molecular complexity index is 207. The van der Waals surface area contributed by atoms with Gasteiger partial charge in [0.2, 0.25) is 0 Å². The average molecular weight is 253 g/mol. The Morgan fingerprint density at radius 2 is 1.50 bits per heavy atom. The molecule has 0 aliphatic heterocycles. The van der Waals surface area contributed by atoms with Gasteiger partial charge in [0.25, 0.3) is 0 Å². The van der Waals surface area contributed by atoms with Gasteiger partial charge in [0, 0.05) is 6.42 Å². The van der Waals surface area contributed by atoms with Crippen LogP contribution in [0.3, 0.4) is 0 Å². The third kappa shape index (κ3) is 7.73. The van der Waals surface area contributed by atoms with Crippen LogP contribution < -0.4 is 0 Å². The van der Waals surface area contributed by atoms with E-state index in [9.17, 15) is 4.79 Å². The maximum Gasteiger partial charge on any atom is 0.306 e. The molecule has 2 heteroatoms. The highest BCUT2D eigenvalue weighted by Crippen LogP contribution is 2.21. The van der Waals surface area contributed by atoms with Crippen LogP contribution in [0, 0.1) is 6.92 Å². The monoisotopic (exact) mass is 253 g/mol. The molecule has 1 fully saturated rings. The van der Waals surface area contributed by atoms with E-state index in [2.05, 4.69) is 6.92 Å². The second kappa shape index (κ2) is 10.4. The molecule has 0 spiro atoms. The predicted molar refractivity (Wildman–Crippen MR) is 75.3 cm³/mol. The molecule has 0 aromatic carbocycles. The maximum absolute atomic E-state index is 11.5. The van der Waals surface area contributed by atoms with E-state index in [-0.39, 0.29) is 12.1 Å². The number of esters is 1. The van der Waals surface area contributed by atoms with Crippen molar-refractivity contribution in [2.75, 3.05) is 0 Å². The van der Waals surface area contributed by atoms with Crippen LogP contribution in [-0.2, 0) is 9.53 Å². The molecule has 0 amide bonds. The molecule has 0 aromatic heterocycles. The molecule has 2 nitrogen and oxygen atoms in total. The van der Waals surface area contributed by atoms with Gasteiger partial charge >= 0.3 is 5.97 Å². The Kier molecular flexibility index (Phi) is 8.97. The normalized spacial score (nSPS) is 16.1. The highest BCUT2D eigenvalue weighted by atomic mass is 16.5. The van der Waals surface area contributed by atoms with Gasteiger partial charge in [0.05, 0.1) is 0 Å². The molecule has 18 heavy (non-hydrogen) atoms. The molecule has 0 heterocycles. The zero-order chi connectivity index (χ0) is 13.1. The van der Waals surface area contributed by atoms with E-state index in [4.69, 9.17) is 4.74 Å². The summed E-state index contributed by atoms with van der Waals surface area (Å²) in [5, 5.41) is 0. The molecule has 0 aromatic rings. The molecule has 0 saturated heterocycles. The van der Waals surface area contributed by atoms with Gasteiger partial charge < -0.3 is 4.74 Å². The summed E-state index contributed by atoms with van der Waals surface area (Å²) in [5.74, 6) is 0.0268. The lowest BCUT2D eigenvalue weighted by Gasteiger charge is -2.10. The van der Waals surface area contributed by atoms with E-state index < -0.39 is 0 Å². The van der Waals surface area contributed by atoms with Crippen LogP contribution in [0.4, 0.5) is 0 Å². The predicted octanol–water partition coefficient (Wildman–Crippen LogP) is 4.82. The van der Waals surface area contributed by atoms with Gasteiger partial charge in [0.1, 0.15) is 6.10 Å². The number of carbonyl (C=O) groups excluding carboxylic acids is 1. The van der Waals surface area contributed by atoms with Crippen molar-refractivity contribution in [3.8, 4) is 0 Å². The zero-order valence-corrected chi connectivity index (χ0v) is 11.8. The highest BCUT2D eigenvalue weighted by Gasteiger charge is 2.18. The van der Waals surface area contributed by atoms with E-state index in [1.807, 2.05) is 0 Å². The van der Waals surface area contributed by atoms with Crippen molar-refractivity contribution >= 4 is 5.97 Å². The van der Waals surface area contributed by atoms with Gasteiger partial charge in [-0.3, -0.25) is 4.79 Å². The van der Waals surface area contributed by atoms with E-state index >= 15 is 0 Å². The fraction of sp³-hybridized carbons (Fsp3) is 0.875. The first-order chi connectivity index (χ1) is 8.83. The fourth-order valence-electron chi connectivity index (χ4n) is 2.58. The van der Waals surface area contributed by atoms with E-state index in [1.54, 1.807) is 0 Å². The summed E-state index contributed by atoms with van der Waals surface area (Å²) >= 11 is 0. The van der Waals surface area contributed by atoms with Crippen molar-refractivity contribution < 1.29 is 9.53 Å². The average Bonchev–Trinajstić information content (AvgIpc) is 2.85. The Morgan fingerprint density at radius 3 is 2.11 bits per heavy atom. The molecule has 1 radical (unpaired) electrons. The van der Waals surface area contributed by atoms with Crippen LogP contribution in [-0.4, -0.2) is 12.1 Å². The minimum atomic E-state index is 0.0268. The summed E-state index contributed by atoms with van der Waals surface area (Å²) in [7, 11) is 0. The molecule has 105 valence electrons. The standard InChI is InChI=1S/C16H29O2/c1-2-3-4-5-6-7-8-9-14-16(17)18-15-12-10-11-13-15/h15H,1-14H2. The number of unbranched alkanes of at least 4 members (excludes halogenated alkanes) is 7.